The number of nitrogens with one attached hydrogen (secondary N) is 4. The van der Waals surface area contributed by atoms with Crippen LogP contribution in [0.1, 0.15) is 48.3 Å². The number of ether oxygens (including phenoxy) is 2. The molecule has 1 aromatic heterocycles. The van der Waals surface area contributed by atoms with Gasteiger partial charge < -0.3 is 25.6 Å². The van der Waals surface area contributed by atoms with Crippen molar-refractivity contribution in [1.29, 1.82) is 5.41 Å². The first-order chi connectivity index (χ1) is 21.0. The fourth-order valence-corrected chi connectivity index (χ4v) is 3.40. The second kappa shape index (κ2) is 15.8. The zero-order chi connectivity index (χ0) is 33.9. The number of nitrogens with two attached hydrogens (primary N) is 1. The van der Waals surface area contributed by atoms with Gasteiger partial charge in [0, 0.05) is 29.1 Å². The van der Waals surface area contributed by atoms with E-state index in [4.69, 9.17) is 30.5 Å². The van der Waals surface area contributed by atoms with Crippen LogP contribution in [0.4, 0.5) is 27.6 Å². The molecule has 3 rings (SSSR count). The van der Waals surface area contributed by atoms with Gasteiger partial charge in [-0.3, -0.25) is 30.8 Å². The molecule has 0 fully saturated rings. The summed E-state index contributed by atoms with van der Waals surface area (Å²) in [5.74, 6) is -5.98. The van der Waals surface area contributed by atoms with E-state index in [1.54, 1.807) is 45.0 Å². The summed E-state index contributed by atoms with van der Waals surface area (Å²) in [5, 5.41) is 17.6. The summed E-state index contributed by atoms with van der Waals surface area (Å²) in [6.45, 7) is 5.55. The predicted octanol–water partition coefficient (Wildman–Crippen LogP) is 4.08. The molecule has 0 saturated carbocycles. The number of rotatable bonds is 10. The van der Waals surface area contributed by atoms with Crippen molar-refractivity contribution >= 4 is 29.3 Å². The third-order valence-corrected chi connectivity index (χ3v) is 5.36. The molecule has 1 unspecified atom stereocenters. The van der Waals surface area contributed by atoms with E-state index in [1.807, 2.05) is 0 Å². The number of amidine groups is 1. The number of aromatic nitrogens is 1. The second-order valence-electron chi connectivity index (χ2n) is 9.09. The Morgan fingerprint density at radius 1 is 1.02 bits per heavy atom. The standard InChI is InChI=1S/C26H28F2N6O4.C2HF3O2/c1-4-37-21-11-18(19(27)12-22(21)38-14(2)3)23(32-16-7-5-15(6-8-16)24(29)30)26(36)34-33-25(35)17-9-10-31-13-20(17)28;3-2(4,5)1(6)7/h5-14,23,32H,4H2,1-3H3,(H3,29,30)(H,33,35)(H,34,36);(H,6,7). The van der Waals surface area contributed by atoms with Crippen molar-refractivity contribution in [3.63, 3.8) is 0 Å². The van der Waals surface area contributed by atoms with Gasteiger partial charge in [-0.1, -0.05) is 0 Å². The third-order valence-electron chi connectivity index (χ3n) is 5.36. The highest BCUT2D eigenvalue weighted by molar-refractivity contribution is 5.97. The fraction of sp³-hybridized carbons (Fsp3) is 0.250. The van der Waals surface area contributed by atoms with E-state index >= 15 is 4.39 Å². The van der Waals surface area contributed by atoms with Gasteiger partial charge in [0.2, 0.25) is 0 Å². The number of hydrogen-bond donors (Lipinski definition) is 6. The fourth-order valence-electron chi connectivity index (χ4n) is 3.40. The van der Waals surface area contributed by atoms with E-state index in [2.05, 4.69) is 21.2 Å². The van der Waals surface area contributed by atoms with E-state index in [0.29, 0.717) is 11.3 Å². The number of hydrazine groups is 1. The molecule has 1 heterocycles. The minimum atomic E-state index is -5.08. The number of carbonyl (C=O) groups excluding carboxylic acids is 2. The first-order valence-electron chi connectivity index (χ1n) is 12.9. The normalized spacial score (nSPS) is 11.4. The Morgan fingerprint density at radius 3 is 2.16 bits per heavy atom. The summed E-state index contributed by atoms with van der Waals surface area (Å²) in [5.41, 5.74) is 10.2. The van der Waals surface area contributed by atoms with E-state index in [0.717, 1.165) is 18.3 Å². The number of anilines is 1. The Balaban J connectivity index is 0.000000900. The van der Waals surface area contributed by atoms with E-state index in [9.17, 15) is 27.2 Å². The molecule has 0 radical (unpaired) electrons. The topological polar surface area (TPSA) is 189 Å². The van der Waals surface area contributed by atoms with Crippen LogP contribution in [0.3, 0.4) is 0 Å². The van der Waals surface area contributed by atoms with Crippen molar-refractivity contribution in [3.05, 3.63) is 83.2 Å². The van der Waals surface area contributed by atoms with E-state index in [1.165, 1.54) is 12.3 Å². The molecule has 45 heavy (non-hydrogen) atoms. The average molecular weight is 641 g/mol. The van der Waals surface area contributed by atoms with Gasteiger partial charge in [0.25, 0.3) is 11.8 Å². The number of carboxylic acids is 1. The van der Waals surface area contributed by atoms with Gasteiger partial charge in [0.15, 0.2) is 17.3 Å². The van der Waals surface area contributed by atoms with Crippen LogP contribution in [0.2, 0.25) is 0 Å². The van der Waals surface area contributed by atoms with Gasteiger partial charge in [-0.2, -0.15) is 13.2 Å². The van der Waals surface area contributed by atoms with Gasteiger partial charge in [0.05, 0.1) is 24.5 Å². The van der Waals surface area contributed by atoms with Crippen LogP contribution in [0.15, 0.2) is 54.9 Å². The van der Waals surface area contributed by atoms with Gasteiger partial charge >= 0.3 is 12.1 Å². The van der Waals surface area contributed by atoms with Crippen LogP contribution in [0.5, 0.6) is 11.5 Å². The first-order valence-corrected chi connectivity index (χ1v) is 12.9. The molecule has 7 N–H and O–H groups in total. The summed E-state index contributed by atoms with van der Waals surface area (Å²) in [6.07, 6.45) is -3.27. The molecule has 0 bridgehead atoms. The summed E-state index contributed by atoms with van der Waals surface area (Å²) in [4.78, 5) is 38.1. The number of benzene rings is 2. The number of halogens is 5. The third kappa shape index (κ3) is 10.6. The molecule has 0 aliphatic heterocycles. The number of amides is 2. The minimum absolute atomic E-state index is 0.109. The van der Waals surface area contributed by atoms with Crippen molar-refractivity contribution in [1.82, 2.24) is 15.8 Å². The van der Waals surface area contributed by atoms with Crippen molar-refractivity contribution in [2.24, 2.45) is 5.73 Å². The molecule has 0 aliphatic carbocycles. The van der Waals surface area contributed by atoms with Crippen LogP contribution in [-0.4, -0.2) is 52.6 Å². The van der Waals surface area contributed by atoms with Crippen molar-refractivity contribution in [2.75, 3.05) is 11.9 Å². The number of nitrogens with zero attached hydrogens (tertiary/aromatic N) is 1. The maximum absolute atomic E-state index is 15.4. The van der Waals surface area contributed by atoms with Crippen molar-refractivity contribution < 1.29 is 50.9 Å². The zero-order valence-electron chi connectivity index (χ0n) is 24.0. The minimum Gasteiger partial charge on any atom is -0.490 e. The Morgan fingerprint density at radius 2 is 1.64 bits per heavy atom. The molecule has 17 heteroatoms. The van der Waals surface area contributed by atoms with Crippen LogP contribution in [0, 0.1) is 17.0 Å². The van der Waals surface area contributed by atoms with Gasteiger partial charge in [-0.15, -0.1) is 0 Å². The smallest absolute Gasteiger partial charge is 0.490 e. The lowest BCUT2D eigenvalue weighted by atomic mass is 10.0. The molecule has 242 valence electrons. The first kappa shape index (κ1) is 35.7. The molecule has 0 saturated heterocycles. The highest BCUT2D eigenvalue weighted by Crippen LogP contribution is 2.35. The number of carboxylic acid groups (broad SMARTS) is 1. The summed E-state index contributed by atoms with van der Waals surface area (Å²) < 4.78 is 72.3. The molecule has 0 aliphatic rings. The Kier molecular flexibility index (Phi) is 12.6. The lowest BCUT2D eigenvalue weighted by Gasteiger charge is -2.23. The van der Waals surface area contributed by atoms with E-state index < -0.39 is 41.6 Å². The predicted molar refractivity (Wildman–Crippen MR) is 151 cm³/mol. The molecule has 2 amide bonds. The number of alkyl halides is 3. The molecule has 12 nitrogen and oxygen atoms in total. The van der Waals surface area contributed by atoms with Gasteiger partial charge in [-0.05, 0) is 57.2 Å². The number of carbonyl (C=O) groups is 3. The highest BCUT2D eigenvalue weighted by Gasteiger charge is 2.38. The zero-order valence-corrected chi connectivity index (χ0v) is 24.0. The molecule has 3 aromatic rings. The highest BCUT2D eigenvalue weighted by atomic mass is 19.4. The van der Waals surface area contributed by atoms with E-state index in [-0.39, 0.29) is 41.2 Å². The molecular weight excluding hydrogens is 611 g/mol. The van der Waals surface area contributed by atoms with Crippen molar-refractivity contribution in [3.8, 4) is 11.5 Å². The maximum Gasteiger partial charge on any atom is 0.490 e. The summed E-state index contributed by atoms with van der Waals surface area (Å²) in [6, 6.07) is 8.43. The molecular formula is C28H29F5N6O6. The van der Waals surface area contributed by atoms with Gasteiger partial charge in [0.1, 0.15) is 17.7 Å². The van der Waals surface area contributed by atoms with Gasteiger partial charge in [-0.25, -0.2) is 13.6 Å². The Labute approximate surface area is 253 Å². The Hall–Kier alpha value is -5.48. The molecule has 1 atom stereocenters. The molecule has 2 aromatic carbocycles. The maximum atomic E-state index is 15.4. The quantitative estimate of drug-likeness (QED) is 0.0821. The summed E-state index contributed by atoms with van der Waals surface area (Å²) >= 11 is 0. The van der Waals surface area contributed by atoms with Crippen molar-refractivity contribution in [2.45, 2.75) is 39.1 Å². The lowest BCUT2D eigenvalue weighted by Crippen LogP contribution is -2.45. The molecule has 0 spiro atoms. The van der Waals surface area contributed by atoms with Crippen LogP contribution >= 0.6 is 0 Å². The second-order valence-corrected chi connectivity index (χ2v) is 9.09. The van der Waals surface area contributed by atoms with Crippen LogP contribution < -0.4 is 31.4 Å². The number of pyridine rings is 1. The summed E-state index contributed by atoms with van der Waals surface area (Å²) in [7, 11) is 0. The Bertz CT molecular complexity index is 1520. The average Bonchev–Trinajstić information content (AvgIpc) is 2.96. The largest absolute Gasteiger partial charge is 0.490 e. The van der Waals surface area contributed by atoms with Crippen LogP contribution in [-0.2, 0) is 9.59 Å². The number of nitrogen functional groups attached to an aromatic ring is 1. The monoisotopic (exact) mass is 640 g/mol. The SMILES string of the molecule is CCOc1cc(C(Nc2ccc(C(=N)N)cc2)C(=O)NNC(=O)c2ccncc2F)c(F)cc1OC(C)C.O=C(O)C(F)(F)F. The number of hydrogen-bond acceptors (Lipinski definition) is 8. The number of aliphatic carboxylic acids is 1. The lowest BCUT2D eigenvalue weighted by molar-refractivity contribution is -0.192. The van der Waals surface area contributed by atoms with Crippen LogP contribution in [0.25, 0.3) is 0 Å².